The van der Waals surface area contributed by atoms with Crippen molar-refractivity contribution in [3.63, 3.8) is 0 Å². The number of piperidine rings is 1. The molecule has 0 aliphatic carbocycles. The van der Waals surface area contributed by atoms with Gasteiger partial charge in [-0.05, 0) is 51.3 Å². The van der Waals surface area contributed by atoms with Gasteiger partial charge in [-0.1, -0.05) is 42.0 Å². The lowest BCUT2D eigenvalue weighted by Crippen LogP contribution is -2.40. The molecular formula is C22H25FN2O2. The van der Waals surface area contributed by atoms with Gasteiger partial charge in [-0.25, -0.2) is 9.78 Å². The number of amides is 1. The Labute approximate surface area is 159 Å². The van der Waals surface area contributed by atoms with E-state index < -0.39 is 11.5 Å². The minimum atomic E-state index is -0.506. The normalized spacial score (nSPS) is 14.8. The van der Waals surface area contributed by atoms with Crippen molar-refractivity contribution < 1.29 is 13.9 Å². The molecular weight excluding hydrogens is 343 g/mol. The molecule has 27 heavy (non-hydrogen) atoms. The van der Waals surface area contributed by atoms with Gasteiger partial charge in [0.15, 0.2) is 0 Å². The molecule has 2 heterocycles. The summed E-state index contributed by atoms with van der Waals surface area (Å²) in [5, 5.41) is 0. The molecule has 1 aromatic heterocycles. The number of nitrogens with zero attached hydrogens (tertiary/aromatic N) is 2. The zero-order chi connectivity index (χ0) is 19.4. The number of halogens is 1. The molecule has 1 aliphatic rings. The Morgan fingerprint density at radius 2 is 1.70 bits per heavy atom. The van der Waals surface area contributed by atoms with Crippen LogP contribution < -0.4 is 0 Å². The molecule has 0 saturated carbocycles. The number of carbonyl (C=O) groups excluding carboxylic acids is 1. The molecule has 1 saturated heterocycles. The fraction of sp³-hybridized carbons (Fsp3) is 0.364. The number of ether oxygens (including phenoxy) is 1. The van der Waals surface area contributed by atoms with E-state index >= 15 is 0 Å². The van der Waals surface area contributed by atoms with E-state index in [-0.39, 0.29) is 6.09 Å². The van der Waals surface area contributed by atoms with E-state index in [1.807, 2.05) is 57.2 Å². The van der Waals surface area contributed by atoms with Crippen molar-refractivity contribution in [3.05, 3.63) is 71.3 Å². The molecule has 5 heteroatoms. The van der Waals surface area contributed by atoms with Gasteiger partial charge in [-0.2, -0.15) is 4.39 Å². The van der Waals surface area contributed by atoms with Gasteiger partial charge in [0.2, 0.25) is 5.95 Å². The Balaban J connectivity index is 1.88. The average molecular weight is 368 g/mol. The van der Waals surface area contributed by atoms with E-state index in [9.17, 15) is 9.18 Å². The second kappa shape index (κ2) is 7.91. The van der Waals surface area contributed by atoms with Crippen LogP contribution in [0.15, 0.2) is 54.1 Å². The highest BCUT2D eigenvalue weighted by Crippen LogP contribution is 2.31. The largest absolute Gasteiger partial charge is 0.444 e. The van der Waals surface area contributed by atoms with Crippen LogP contribution in [-0.4, -0.2) is 34.7 Å². The predicted molar refractivity (Wildman–Crippen MR) is 104 cm³/mol. The zero-order valence-electron chi connectivity index (χ0n) is 16.0. The zero-order valence-corrected chi connectivity index (χ0v) is 16.0. The summed E-state index contributed by atoms with van der Waals surface area (Å²) in [6, 6.07) is 14.8. The van der Waals surface area contributed by atoms with Crippen LogP contribution in [-0.2, 0) is 4.74 Å². The van der Waals surface area contributed by atoms with E-state index in [1.54, 1.807) is 11.0 Å². The first kappa shape index (κ1) is 19.1. The molecule has 1 aliphatic heterocycles. The Morgan fingerprint density at radius 1 is 1.04 bits per heavy atom. The quantitative estimate of drug-likeness (QED) is 0.696. The Bertz CT molecular complexity index is 831. The number of likely N-dealkylation sites (tertiary alicyclic amines) is 1. The molecule has 1 amide bonds. The first-order valence-corrected chi connectivity index (χ1v) is 9.22. The van der Waals surface area contributed by atoms with Gasteiger partial charge in [-0.15, -0.1) is 0 Å². The highest BCUT2D eigenvalue weighted by Gasteiger charge is 2.26. The van der Waals surface area contributed by atoms with E-state index in [0.717, 1.165) is 11.1 Å². The third-order valence-electron chi connectivity index (χ3n) is 4.41. The van der Waals surface area contributed by atoms with Crippen molar-refractivity contribution in [1.29, 1.82) is 0 Å². The Kier molecular flexibility index (Phi) is 5.59. The standard InChI is InChI=1S/C22H25FN2O2/c1-22(2,3)27-21(26)25-14-12-17(13-15-25)20(16-8-5-4-6-9-16)18-10-7-11-19(23)24-18/h4-11H,12-15H2,1-3H3. The molecule has 0 spiro atoms. The number of carbonyl (C=O) groups is 1. The van der Waals surface area contributed by atoms with Crippen molar-refractivity contribution in [2.75, 3.05) is 13.1 Å². The monoisotopic (exact) mass is 368 g/mol. The maximum absolute atomic E-state index is 13.7. The van der Waals surface area contributed by atoms with E-state index in [4.69, 9.17) is 4.74 Å². The summed E-state index contributed by atoms with van der Waals surface area (Å²) in [5.41, 5.74) is 3.27. The Morgan fingerprint density at radius 3 is 2.30 bits per heavy atom. The van der Waals surface area contributed by atoms with Crippen LogP contribution in [0.2, 0.25) is 0 Å². The molecule has 3 rings (SSSR count). The van der Waals surface area contributed by atoms with Crippen LogP contribution in [0.3, 0.4) is 0 Å². The summed E-state index contributed by atoms with van der Waals surface area (Å²) in [4.78, 5) is 18.1. The minimum Gasteiger partial charge on any atom is -0.444 e. The van der Waals surface area contributed by atoms with Gasteiger partial charge < -0.3 is 9.64 Å². The number of aromatic nitrogens is 1. The molecule has 142 valence electrons. The fourth-order valence-electron chi connectivity index (χ4n) is 3.22. The van der Waals surface area contributed by atoms with Gasteiger partial charge in [0, 0.05) is 18.7 Å². The van der Waals surface area contributed by atoms with Crippen molar-refractivity contribution in [3.8, 4) is 0 Å². The maximum Gasteiger partial charge on any atom is 0.410 e. The van der Waals surface area contributed by atoms with Crippen LogP contribution in [0, 0.1) is 5.95 Å². The van der Waals surface area contributed by atoms with Crippen LogP contribution in [0.25, 0.3) is 5.57 Å². The summed E-state index contributed by atoms with van der Waals surface area (Å²) in [7, 11) is 0. The first-order valence-electron chi connectivity index (χ1n) is 9.22. The number of benzene rings is 1. The van der Waals surface area contributed by atoms with Crippen molar-refractivity contribution in [2.24, 2.45) is 0 Å². The number of rotatable bonds is 2. The SMILES string of the molecule is CC(C)(C)OC(=O)N1CCC(=C(c2ccccc2)c2cccc(F)n2)CC1. The lowest BCUT2D eigenvalue weighted by atomic mass is 9.91. The van der Waals surface area contributed by atoms with Gasteiger partial charge in [0.25, 0.3) is 0 Å². The molecule has 1 fully saturated rings. The van der Waals surface area contributed by atoms with Crippen LogP contribution in [0.4, 0.5) is 9.18 Å². The van der Waals surface area contributed by atoms with Crippen LogP contribution in [0.1, 0.15) is 44.9 Å². The molecule has 1 aromatic carbocycles. The summed E-state index contributed by atoms with van der Waals surface area (Å²) in [5.74, 6) is -0.493. The van der Waals surface area contributed by atoms with Crippen molar-refractivity contribution in [2.45, 2.75) is 39.2 Å². The highest BCUT2D eigenvalue weighted by molar-refractivity contribution is 5.80. The lowest BCUT2D eigenvalue weighted by molar-refractivity contribution is 0.0236. The molecule has 0 atom stereocenters. The van der Waals surface area contributed by atoms with Crippen LogP contribution >= 0.6 is 0 Å². The van der Waals surface area contributed by atoms with E-state index in [0.29, 0.717) is 31.6 Å². The minimum absolute atomic E-state index is 0.285. The smallest absolute Gasteiger partial charge is 0.410 e. The van der Waals surface area contributed by atoms with E-state index in [1.165, 1.54) is 11.6 Å². The number of hydrogen-bond acceptors (Lipinski definition) is 3. The second-order valence-corrected chi connectivity index (χ2v) is 7.66. The Hall–Kier alpha value is -2.69. The highest BCUT2D eigenvalue weighted by atomic mass is 19.1. The fourth-order valence-corrected chi connectivity index (χ4v) is 3.22. The predicted octanol–water partition coefficient (Wildman–Crippen LogP) is 5.05. The maximum atomic E-state index is 13.7. The van der Waals surface area contributed by atoms with Crippen LogP contribution in [0.5, 0.6) is 0 Å². The molecule has 2 aromatic rings. The van der Waals surface area contributed by atoms with E-state index in [2.05, 4.69) is 4.98 Å². The summed E-state index contributed by atoms with van der Waals surface area (Å²) in [6.45, 7) is 6.75. The molecule has 4 nitrogen and oxygen atoms in total. The summed E-state index contributed by atoms with van der Waals surface area (Å²) < 4.78 is 19.2. The first-order chi connectivity index (χ1) is 12.8. The van der Waals surface area contributed by atoms with Gasteiger partial charge >= 0.3 is 6.09 Å². The second-order valence-electron chi connectivity index (χ2n) is 7.66. The average Bonchev–Trinajstić information content (AvgIpc) is 2.62. The molecule has 0 bridgehead atoms. The molecule has 0 N–H and O–H groups in total. The summed E-state index contributed by atoms with van der Waals surface area (Å²) in [6.07, 6.45) is 1.13. The van der Waals surface area contributed by atoms with Gasteiger partial charge in [0.1, 0.15) is 5.60 Å². The van der Waals surface area contributed by atoms with Gasteiger partial charge in [0.05, 0.1) is 5.69 Å². The number of hydrogen-bond donors (Lipinski definition) is 0. The number of pyridine rings is 1. The molecule has 0 radical (unpaired) electrons. The third-order valence-corrected chi connectivity index (χ3v) is 4.41. The van der Waals surface area contributed by atoms with Gasteiger partial charge in [-0.3, -0.25) is 0 Å². The van der Waals surface area contributed by atoms with Crippen molar-refractivity contribution in [1.82, 2.24) is 9.88 Å². The molecule has 0 unspecified atom stereocenters. The topological polar surface area (TPSA) is 42.4 Å². The third kappa shape index (κ3) is 4.94. The summed E-state index contributed by atoms with van der Waals surface area (Å²) >= 11 is 0. The lowest BCUT2D eigenvalue weighted by Gasteiger charge is -2.32. The van der Waals surface area contributed by atoms with Crippen molar-refractivity contribution >= 4 is 11.7 Å².